The van der Waals surface area contributed by atoms with E-state index in [2.05, 4.69) is 27.9 Å². The topological polar surface area (TPSA) is 49.3 Å². The predicted molar refractivity (Wildman–Crippen MR) is 84.2 cm³/mol. The second kappa shape index (κ2) is 5.78. The summed E-state index contributed by atoms with van der Waals surface area (Å²) in [5.41, 5.74) is -0.291. The van der Waals surface area contributed by atoms with E-state index >= 15 is 0 Å². The third kappa shape index (κ3) is 3.09. The lowest BCUT2D eigenvalue weighted by Crippen LogP contribution is -2.40. The summed E-state index contributed by atoms with van der Waals surface area (Å²) in [5, 5.41) is 12.4. The largest absolute Gasteiger partial charge is 0.479 e. The summed E-state index contributed by atoms with van der Waals surface area (Å²) in [5.74, 6) is -1.44. The first-order chi connectivity index (χ1) is 9.41. The van der Waals surface area contributed by atoms with E-state index in [0.717, 1.165) is 3.57 Å². The van der Waals surface area contributed by atoms with Crippen LogP contribution in [0.1, 0.15) is 12.5 Å². The Morgan fingerprint density at radius 2 is 1.90 bits per heavy atom. The summed E-state index contributed by atoms with van der Waals surface area (Å²) < 4.78 is 14.2. The minimum atomic E-state index is -1.32. The fourth-order valence-electron chi connectivity index (χ4n) is 1.89. The third-order valence-electron chi connectivity index (χ3n) is 3.07. The second-order valence-corrected chi connectivity index (χ2v) is 5.82. The zero-order valence-electron chi connectivity index (χ0n) is 10.7. The average Bonchev–Trinajstić information content (AvgIpc) is 2.39. The van der Waals surface area contributed by atoms with Crippen LogP contribution in [0.2, 0.25) is 0 Å². The van der Waals surface area contributed by atoms with Crippen molar-refractivity contribution in [2.24, 2.45) is 0 Å². The van der Waals surface area contributed by atoms with Gasteiger partial charge in [-0.25, -0.2) is 9.18 Å². The van der Waals surface area contributed by atoms with Crippen molar-refractivity contribution < 1.29 is 14.3 Å². The van der Waals surface area contributed by atoms with Crippen molar-refractivity contribution in [3.8, 4) is 0 Å². The number of halogens is 2. The number of rotatable bonds is 4. The van der Waals surface area contributed by atoms with Crippen LogP contribution in [0.15, 0.2) is 48.5 Å². The van der Waals surface area contributed by atoms with Gasteiger partial charge >= 0.3 is 5.97 Å². The van der Waals surface area contributed by atoms with Crippen LogP contribution in [-0.2, 0) is 10.3 Å². The van der Waals surface area contributed by atoms with Gasteiger partial charge in [-0.15, -0.1) is 0 Å². The number of benzene rings is 2. The maximum Gasteiger partial charge on any atom is 0.333 e. The summed E-state index contributed by atoms with van der Waals surface area (Å²) in [6, 6.07) is 12.9. The lowest BCUT2D eigenvalue weighted by Gasteiger charge is -2.28. The molecule has 2 N–H and O–H groups in total. The molecule has 0 aliphatic heterocycles. The molecule has 0 amide bonds. The van der Waals surface area contributed by atoms with Gasteiger partial charge in [0.05, 0.1) is 0 Å². The molecule has 0 aliphatic carbocycles. The average molecular weight is 385 g/mol. The minimum Gasteiger partial charge on any atom is -0.479 e. The molecular formula is C15H13FINO2. The van der Waals surface area contributed by atoms with Crippen molar-refractivity contribution in [2.45, 2.75) is 12.5 Å². The maximum atomic E-state index is 13.2. The molecule has 2 rings (SSSR count). The second-order valence-electron chi connectivity index (χ2n) is 4.57. The van der Waals surface area contributed by atoms with Crippen molar-refractivity contribution in [3.05, 3.63) is 63.5 Å². The summed E-state index contributed by atoms with van der Waals surface area (Å²) >= 11 is 2.15. The number of carbonyl (C=O) groups is 1. The molecule has 0 saturated carbocycles. The van der Waals surface area contributed by atoms with Gasteiger partial charge < -0.3 is 10.4 Å². The van der Waals surface area contributed by atoms with Gasteiger partial charge in [-0.1, -0.05) is 18.2 Å². The lowest BCUT2D eigenvalue weighted by molar-refractivity contribution is -0.142. The first kappa shape index (κ1) is 14.8. The number of carboxylic acids is 1. The smallest absolute Gasteiger partial charge is 0.333 e. The van der Waals surface area contributed by atoms with Gasteiger partial charge in [0.2, 0.25) is 0 Å². The summed E-state index contributed by atoms with van der Waals surface area (Å²) in [7, 11) is 0. The number of hydrogen-bond donors (Lipinski definition) is 2. The number of carboxylic acid groups (broad SMARTS) is 1. The molecule has 5 heteroatoms. The Bertz CT molecular complexity index is 630. The van der Waals surface area contributed by atoms with Crippen molar-refractivity contribution >= 4 is 34.2 Å². The van der Waals surface area contributed by atoms with Crippen LogP contribution in [0, 0.1) is 9.39 Å². The maximum absolute atomic E-state index is 13.2. The van der Waals surface area contributed by atoms with E-state index in [0.29, 0.717) is 11.3 Å². The summed E-state index contributed by atoms with van der Waals surface area (Å²) in [6.07, 6.45) is 0. The van der Waals surface area contributed by atoms with Gasteiger partial charge in [0.1, 0.15) is 5.82 Å². The van der Waals surface area contributed by atoms with Crippen molar-refractivity contribution in [1.82, 2.24) is 0 Å². The van der Waals surface area contributed by atoms with Gasteiger partial charge in [-0.2, -0.15) is 0 Å². The molecule has 20 heavy (non-hydrogen) atoms. The van der Waals surface area contributed by atoms with Crippen LogP contribution >= 0.6 is 22.6 Å². The molecule has 0 fully saturated rings. The molecule has 1 atom stereocenters. The lowest BCUT2D eigenvalue weighted by atomic mass is 9.91. The van der Waals surface area contributed by atoms with Crippen LogP contribution in [0.4, 0.5) is 10.1 Å². The monoisotopic (exact) mass is 385 g/mol. The highest BCUT2D eigenvalue weighted by molar-refractivity contribution is 14.1. The fourth-order valence-corrected chi connectivity index (χ4v) is 2.25. The number of anilines is 1. The Balaban J connectivity index is 2.39. The summed E-state index contributed by atoms with van der Waals surface area (Å²) in [6.45, 7) is 1.56. The number of hydrogen-bond acceptors (Lipinski definition) is 2. The Morgan fingerprint density at radius 3 is 2.45 bits per heavy atom. The van der Waals surface area contributed by atoms with Gasteiger partial charge in [-0.05, 0) is 65.4 Å². The van der Waals surface area contributed by atoms with Crippen LogP contribution in [-0.4, -0.2) is 11.1 Å². The molecule has 0 aromatic heterocycles. The molecule has 0 radical (unpaired) electrons. The van der Waals surface area contributed by atoms with Crippen LogP contribution in [0.5, 0.6) is 0 Å². The van der Waals surface area contributed by atoms with Gasteiger partial charge in [-0.3, -0.25) is 0 Å². The Hall–Kier alpha value is -1.63. The zero-order chi connectivity index (χ0) is 14.8. The predicted octanol–water partition coefficient (Wildman–Crippen LogP) is 3.84. The highest BCUT2D eigenvalue weighted by Gasteiger charge is 2.35. The third-order valence-corrected chi connectivity index (χ3v) is 3.79. The van der Waals surface area contributed by atoms with E-state index in [9.17, 15) is 14.3 Å². The highest BCUT2D eigenvalue weighted by atomic mass is 127. The van der Waals surface area contributed by atoms with Crippen molar-refractivity contribution in [1.29, 1.82) is 0 Å². The zero-order valence-corrected chi connectivity index (χ0v) is 12.9. The molecule has 0 bridgehead atoms. The van der Waals surface area contributed by atoms with Crippen molar-refractivity contribution in [2.75, 3.05) is 5.32 Å². The van der Waals surface area contributed by atoms with E-state index in [1.54, 1.807) is 25.1 Å². The van der Waals surface area contributed by atoms with E-state index in [4.69, 9.17) is 0 Å². The Morgan fingerprint density at radius 1 is 1.25 bits per heavy atom. The molecule has 1 unspecified atom stereocenters. The molecule has 0 spiro atoms. The van der Waals surface area contributed by atoms with Crippen LogP contribution in [0.3, 0.4) is 0 Å². The molecule has 0 heterocycles. The SMILES string of the molecule is CC(Nc1cccc(F)c1)(C(=O)O)c1ccc(I)cc1. The molecule has 0 aliphatic rings. The van der Waals surface area contributed by atoms with Crippen molar-refractivity contribution in [3.63, 3.8) is 0 Å². The molecule has 0 saturated heterocycles. The van der Waals surface area contributed by atoms with E-state index in [1.165, 1.54) is 18.2 Å². The molecule has 2 aromatic carbocycles. The van der Waals surface area contributed by atoms with E-state index in [-0.39, 0.29) is 0 Å². The normalized spacial score (nSPS) is 13.6. The first-order valence-electron chi connectivity index (χ1n) is 5.95. The minimum absolute atomic E-state index is 0.412. The fraction of sp³-hybridized carbons (Fsp3) is 0.133. The molecule has 2 aromatic rings. The summed E-state index contributed by atoms with van der Waals surface area (Å²) in [4.78, 5) is 11.6. The van der Waals surface area contributed by atoms with E-state index in [1.807, 2.05) is 12.1 Å². The van der Waals surface area contributed by atoms with Gasteiger partial charge in [0.25, 0.3) is 0 Å². The first-order valence-corrected chi connectivity index (χ1v) is 7.03. The number of aliphatic carboxylic acids is 1. The standard InChI is InChI=1S/C15H13FINO2/c1-15(14(19)20,10-5-7-12(17)8-6-10)18-13-4-2-3-11(16)9-13/h2-9,18H,1H3,(H,19,20). The Labute approximate surface area is 130 Å². The van der Waals surface area contributed by atoms with Gasteiger partial charge in [0, 0.05) is 9.26 Å². The van der Waals surface area contributed by atoms with Gasteiger partial charge in [0.15, 0.2) is 5.54 Å². The highest BCUT2D eigenvalue weighted by Crippen LogP contribution is 2.27. The molecular weight excluding hydrogens is 372 g/mol. The quantitative estimate of drug-likeness (QED) is 0.787. The molecule has 104 valence electrons. The number of nitrogens with one attached hydrogen (secondary N) is 1. The Kier molecular flexibility index (Phi) is 4.27. The van der Waals surface area contributed by atoms with E-state index < -0.39 is 17.3 Å². The van der Waals surface area contributed by atoms with Crippen LogP contribution in [0.25, 0.3) is 0 Å². The van der Waals surface area contributed by atoms with Crippen LogP contribution < -0.4 is 5.32 Å². The molecule has 3 nitrogen and oxygen atoms in total.